The third kappa shape index (κ3) is 3.63. The smallest absolute Gasteiger partial charge is 0.425 e. The molecule has 1 aliphatic rings. The number of alkyl halides is 1. The SMILES string of the molecule is CCCCCc1ccc(C2=CC=CCC2(F)B(O)O)cc1. The molecular formula is C17H22BFO2. The molecule has 1 atom stereocenters. The Balaban J connectivity index is 2.17. The monoisotopic (exact) mass is 288 g/mol. The van der Waals surface area contributed by atoms with Crippen LogP contribution in [0.3, 0.4) is 0 Å². The van der Waals surface area contributed by atoms with Crippen molar-refractivity contribution in [2.45, 2.75) is 44.6 Å². The number of benzene rings is 1. The van der Waals surface area contributed by atoms with Crippen LogP contribution in [0.15, 0.2) is 42.5 Å². The second-order valence-corrected chi connectivity index (χ2v) is 5.60. The Morgan fingerprint density at radius 1 is 1.19 bits per heavy atom. The van der Waals surface area contributed by atoms with Crippen molar-refractivity contribution in [2.75, 3.05) is 0 Å². The van der Waals surface area contributed by atoms with Crippen LogP contribution in [0.1, 0.15) is 43.7 Å². The number of halogens is 1. The Bertz CT molecular complexity index is 522. The van der Waals surface area contributed by atoms with E-state index >= 15 is 0 Å². The van der Waals surface area contributed by atoms with Crippen molar-refractivity contribution in [3.8, 4) is 0 Å². The van der Waals surface area contributed by atoms with E-state index in [-0.39, 0.29) is 6.42 Å². The first-order valence-corrected chi connectivity index (χ1v) is 7.59. The third-order valence-electron chi connectivity index (χ3n) is 4.00. The van der Waals surface area contributed by atoms with Crippen molar-refractivity contribution in [3.05, 3.63) is 53.6 Å². The summed E-state index contributed by atoms with van der Waals surface area (Å²) < 4.78 is 14.8. The van der Waals surface area contributed by atoms with E-state index in [1.165, 1.54) is 18.4 Å². The molecule has 1 aromatic carbocycles. The van der Waals surface area contributed by atoms with E-state index in [0.29, 0.717) is 11.1 Å². The van der Waals surface area contributed by atoms with Gasteiger partial charge in [0.1, 0.15) is 0 Å². The van der Waals surface area contributed by atoms with E-state index in [9.17, 15) is 14.4 Å². The normalized spacial score (nSPS) is 21.2. The predicted molar refractivity (Wildman–Crippen MR) is 85.4 cm³/mol. The molecule has 2 nitrogen and oxygen atoms in total. The van der Waals surface area contributed by atoms with Crippen LogP contribution < -0.4 is 0 Å². The zero-order valence-electron chi connectivity index (χ0n) is 12.4. The van der Waals surface area contributed by atoms with Gasteiger partial charge in [-0.05, 0) is 29.5 Å². The first-order valence-electron chi connectivity index (χ1n) is 7.59. The molecule has 0 spiro atoms. The number of hydrogen-bond donors (Lipinski definition) is 2. The molecule has 2 N–H and O–H groups in total. The highest BCUT2D eigenvalue weighted by Crippen LogP contribution is 2.37. The zero-order valence-corrected chi connectivity index (χ0v) is 12.4. The number of rotatable bonds is 6. The largest absolute Gasteiger partial charge is 0.496 e. The Kier molecular flexibility index (Phi) is 5.37. The first-order chi connectivity index (χ1) is 10.1. The van der Waals surface area contributed by atoms with Crippen molar-refractivity contribution in [3.63, 3.8) is 0 Å². The summed E-state index contributed by atoms with van der Waals surface area (Å²) >= 11 is 0. The lowest BCUT2D eigenvalue weighted by molar-refractivity contribution is 0.254. The molecule has 0 heterocycles. The highest BCUT2D eigenvalue weighted by atomic mass is 19.1. The fraction of sp³-hybridized carbons (Fsp3) is 0.412. The quantitative estimate of drug-likeness (QED) is 0.621. The molecule has 0 amide bonds. The van der Waals surface area contributed by atoms with E-state index in [2.05, 4.69) is 6.92 Å². The van der Waals surface area contributed by atoms with Gasteiger partial charge in [-0.1, -0.05) is 62.3 Å². The van der Waals surface area contributed by atoms with Gasteiger partial charge in [0.15, 0.2) is 5.57 Å². The van der Waals surface area contributed by atoms with Gasteiger partial charge in [0, 0.05) is 6.42 Å². The Morgan fingerprint density at radius 2 is 1.90 bits per heavy atom. The fourth-order valence-corrected chi connectivity index (χ4v) is 2.66. The lowest BCUT2D eigenvalue weighted by Crippen LogP contribution is -2.43. The molecule has 0 bridgehead atoms. The fourth-order valence-electron chi connectivity index (χ4n) is 2.66. The first kappa shape index (κ1) is 16.0. The molecule has 0 saturated heterocycles. The molecule has 2 rings (SSSR count). The predicted octanol–water partition coefficient (Wildman–Crippen LogP) is 3.48. The van der Waals surface area contributed by atoms with Crippen LogP contribution in [0.5, 0.6) is 0 Å². The van der Waals surface area contributed by atoms with E-state index in [0.717, 1.165) is 12.8 Å². The summed E-state index contributed by atoms with van der Waals surface area (Å²) in [5.41, 5.74) is 0.140. The van der Waals surface area contributed by atoms with Gasteiger partial charge in [-0.2, -0.15) is 0 Å². The van der Waals surface area contributed by atoms with Gasteiger partial charge in [-0.15, -0.1) is 0 Å². The number of hydrogen-bond acceptors (Lipinski definition) is 2. The van der Waals surface area contributed by atoms with E-state index in [4.69, 9.17) is 0 Å². The van der Waals surface area contributed by atoms with Gasteiger partial charge in [-0.3, -0.25) is 0 Å². The van der Waals surface area contributed by atoms with Gasteiger partial charge >= 0.3 is 7.12 Å². The summed E-state index contributed by atoms with van der Waals surface area (Å²) in [7, 11) is -2.02. The van der Waals surface area contributed by atoms with Crippen LogP contribution in [-0.2, 0) is 6.42 Å². The van der Waals surface area contributed by atoms with Crippen LogP contribution in [-0.4, -0.2) is 22.7 Å². The van der Waals surface area contributed by atoms with E-state index < -0.39 is 12.7 Å². The summed E-state index contributed by atoms with van der Waals surface area (Å²) in [6.45, 7) is 2.17. The number of aryl methyl sites for hydroxylation is 1. The van der Waals surface area contributed by atoms with Crippen LogP contribution in [0.25, 0.3) is 5.57 Å². The van der Waals surface area contributed by atoms with Crippen molar-refractivity contribution >= 4 is 12.7 Å². The third-order valence-corrected chi connectivity index (χ3v) is 4.00. The molecule has 1 unspecified atom stereocenters. The molecule has 0 saturated carbocycles. The molecule has 0 aromatic heterocycles. The van der Waals surface area contributed by atoms with Crippen LogP contribution >= 0.6 is 0 Å². The molecule has 0 radical (unpaired) electrons. The van der Waals surface area contributed by atoms with Gasteiger partial charge in [0.25, 0.3) is 0 Å². The lowest BCUT2D eigenvalue weighted by atomic mass is 9.61. The maximum atomic E-state index is 14.8. The van der Waals surface area contributed by atoms with Crippen molar-refractivity contribution in [1.82, 2.24) is 0 Å². The Hall–Kier alpha value is -1.39. The van der Waals surface area contributed by atoms with Crippen molar-refractivity contribution < 1.29 is 14.4 Å². The summed E-state index contributed by atoms with van der Waals surface area (Å²) in [6.07, 6.45) is 9.55. The zero-order chi connectivity index (χ0) is 15.3. The molecule has 21 heavy (non-hydrogen) atoms. The highest BCUT2D eigenvalue weighted by Gasteiger charge is 2.46. The molecule has 112 valence electrons. The maximum Gasteiger partial charge on any atom is 0.496 e. The number of unbranched alkanes of at least 4 members (excludes halogenated alkanes) is 2. The number of allylic oxidation sites excluding steroid dienone is 4. The van der Waals surface area contributed by atoms with Crippen molar-refractivity contribution in [1.29, 1.82) is 0 Å². The van der Waals surface area contributed by atoms with Crippen molar-refractivity contribution in [2.24, 2.45) is 0 Å². The molecule has 1 aliphatic carbocycles. The summed E-state index contributed by atoms with van der Waals surface area (Å²) in [6, 6.07) is 7.72. The molecular weight excluding hydrogens is 266 g/mol. The van der Waals surface area contributed by atoms with E-state index in [1.54, 1.807) is 18.2 Å². The minimum Gasteiger partial charge on any atom is -0.425 e. The standard InChI is InChI=1S/C17H22BFO2/c1-2-3-4-7-14-9-11-15(12-10-14)16-8-5-6-13-17(16,19)18(20)21/h5-6,8-12,20-21H,2-4,7,13H2,1H3. The van der Waals surface area contributed by atoms with Gasteiger partial charge in [0.2, 0.25) is 0 Å². The molecule has 4 heteroatoms. The maximum absolute atomic E-state index is 14.8. The minimum absolute atomic E-state index is 0.0191. The van der Waals surface area contributed by atoms with Crippen LogP contribution in [0, 0.1) is 0 Å². The van der Waals surface area contributed by atoms with E-state index in [1.807, 2.05) is 24.3 Å². The lowest BCUT2D eigenvalue weighted by Gasteiger charge is -2.28. The molecule has 0 fully saturated rings. The minimum atomic E-state index is -2.13. The highest BCUT2D eigenvalue weighted by molar-refractivity contribution is 6.49. The molecule has 0 aliphatic heterocycles. The Morgan fingerprint density at radius 3 is 2.52 bits per heavy atom. The van der Waals surface area contributed by atoms with Gasteiger partial charge in [-0.25, -0.2) is 4.39 Å². The Labute approximate surface area is 126 Å². The van der Waals surface area contributed by atoms with Crippen LogP contribution in [0.2, 0.25) is 0 Å². The average Bonchev–Trinajstić information content (AvgIpc) is 2.49. The summed E-state index contributed by atoms with van der Waals surface area (Å²) in [5.74, 6) is 0. The van der Waals surface area contributed by atoms with Gasteiger partial charge in [0.05, 0.1) is 0 Å². The summed E-state index contributed by atoms with van der Waals surface area (Å²) in [4.78, 5) is 0. The second-order valence-electron chi connectivity index (χ2n) is 5.60. The summed E-state index contributed by atoms with van der Waals surface area (Å²) in [5, 5.41) is 18.7. The van der Waals surface area contributed by atoms with Crippen LogP contribution in [0.4, 0.5) is 4.39 Å². The molecule has 1 aromatic rings. The second kappa shape index (κ2) is 7.05. The topological polar surface area (TPSA) is 40.5 Å². The average molecular weight is 288 g/mol. The van der Waals surface area contributed by atoms with Gasteiger partial charge < -0.3 is 10.0 Å².